The number of carbonyl (C=O) groups excluding carboxylic acids is 2. The predicted octanol–water partition coefficient (Wildman–Crippen LogP) is -0.581. The molecule has 0 bridgehead atoms. The number of aliphatic hydroxyl groups is 1. The fourth-order valence-electron chi connectivity index (χ4n) is 1.39. The molecule has 4 N–H and O–H groups in total. The topological polar surface area (TPSA) is 105 Å². The summed E-state index contributed by atoms with van der Waals surface area (Å²) in [6.45, 7) is 1.45. The molecule has 1 atom stereocenters. The molecule has 0 aliphatic carbocycles. The minimum atomic E-state index is -0.476. The summed E-state index contributed by atoms with van der Waals surface area (Å²) >= 11 is 0. The van der Waals surface area contributed by atoms with Crippen LogP contribution in [0.2, 0.25) is 0 Å². The van der Waals surface area contributed by atoms with Crippen LogP contribution in [0.15, 0.2) is 18.3 Å². The summed E-state index contributed by atoms with van der Waals surface area (Å²) in [6, 6.07) is 2.80. The number of hydrogen-bond donors (Lipinski definition) is 3. The highest BCUT2D eigenvalue weighted by atomic mass is 16.2. The number of primary amides is 1. The summed E-state index contributed by atoms with van der Waals surface area (Å²) in [4.78, 5) is 26.4. The number of aromatic nitrogens is 1. The second-order valence-electron chi connectivity index (χ2n) is 3.94. The number of nitrogens with two attached hydrogens (primary N) is 1. The van der Waals surface area contributed by atoms with E-state index in [0.717, 1.165) is 0 Å². The van der Waals surface area contributed by atoms with E-state index in [4.69, 9.17) is 10.8 Å². The molecule has 6 nitrogen and oxygen atoms in total. The minimum Gasteiger partial charge on any atom is -0.384 e. The third-order valence-corrected chi connectivity index (χ3v) is 2.19. The van der Waals surface area contributed by atoms with E-state index in [-0.39, 0.29) is 30.7 Å². The van der Waals surface area contributed by atoms with Crippen molar-refractivity contribution in [2.75, 3.05) is 6.61 Å². The Morgan fingerprint density at radius 1 is 1.53 bits per heavy atom. The molecular weight excluding hydrogens is 246 g/mol. The van der Waals surface area contributed by atoms with E-state index in [1.165, 1.54) is 12.3 Å². The zero-order valence-corrected chi connectivity index (χ0v) is 10.5. The van der Waals surface area contributed by atoms with Crippen LogP contribution in [0, 0.1) is 11.8 Å². The lowest BCUT2D eigenvalue weighted by Gasteiger charge is -2.11. The third kappa shape index (κ3) is 5.19. The first-order valence-electron chi connectivity index (χ1n) is 5.68. The molecule has 0 saturated heterocycles. The molecule has 1 rings (SSSR count). The molecule has 6 heteroatoms. The SMILES string of the molecule is CC(CC(N)=O)NC(=O)c1ccc(C#CCO)cn1. The molecule has 0 aliphatic heterocycles. The van der Waals surface area contributed by atoms with Crippen molar-refractivity contribution in [2.45, 2.75) is 19.4 Å². The van der Waals surface area contributed by atoms with Crippen LogP contribution >= 0.6 is 0 Å². The van der Waals surface area contributed by atoms with Gasteiger partial charge >= 0.3 is 0 Å². The van der Waals surface area contributed by atoms with Crippen LogP contribution in [-0.2, 0) is 4.79 Å². The fraction of sp³-hybridized carbons (Fsp3) is 0.308. The number of pyridine rings is 1. The fourth-order valence-corrected chi connectivity index (χ4v) is 1.39. The molecule has 1 aromatic rings. The van der Waals surface area contributed by atoms with E-state index >= 15 is 0 Å². The van der Waals surface area contributed by atoms with Crippen LogP contribution in [0.3, 0.4) is 0 Å². The number of rotatable bonds is 4. The molecule has 1 heterocycles. The van der Waals surface area contributed by atoms with Crippen LogP contribution < -0.4 is 11.1 Å². The second-order valence-corrected chi connectivity index (χ2v) is 3.94. The van der Waals surface area contributed by atoms with E-state index < -0.39 is 5.91 Å². The first kappa shape index (κ1) is 14.7. The van der Waals surface area contributed by atoms with Crippen LogP contribution in [0.4, 0.5) is 0 Å². The maximum atomic E-state index is 11.8. The van der Waals surface area contributed by atoms with Crippen LogP contribution in [-0.4, -0.2) is 34.6 Å². The van der Waals surface area contributed by atoms with E-state index in [0.29, 0.717) is 5.56 Å². The Bertz CT molecular complexity index is 514. The van der Waals surface area contributed by atoms with Gasteiger partial charge in [-0.3, -0.25) is 9.59 Å². The summed E-state index contributed by atoms with van der Waals surface area (Å²) in [7, 11) is 0. The largest absolute Gasteiger partial charge is 0.384 e. The summed E-state index contributed by atoms with van der Waals surface area (Å²) in [5.41, 5.74) is 5.87. The van der Waals surface area contributed by atoms with E-state index in [1.54, 1.807) is 13.0 Å². The predicted molar refractivity (Wildman–Crippen MR) is 68.9 cm³/mol. The molecule has 2 amide bonds. The normalized spacial score (nSPS) is 11.1. The number of nitrogens with one attached hydrogen (secondary N) is 1. The quantitative estimate of drug-likeness (QED) is 0.630. The van der Waals surface area contributed by atoms with Gasteiger partial charge < -0.3 is 16.2 Å². The van der Waals surface area contributed by atoms with Gasteiger partial charge in [-0.2, -0.15) is 0 Å². The molecule has 0 aromatic carbocycles. The lowest BCUT2D eigenvalue weighted by molar-refractivity contribution is -0.118. The number of aliphatic hydroxyl groups excluding tert-OH is 1. The highest BCUT2D eigenvalue weighted by Crippen LogP contribution is 2.00. The van der Waals surface area contributed by atoms with E-state index in [1.807, 2.05) is 0 Å². The molecular formula is C13H15N3O3. The van der Waals surface area contributed by atoms with Crippen molar-refractivity contribution in [3.63, 3.8) is 0 Å². The van der Waals surface area contributed by atoms with Gasteiger partial charge in [-0.15, -0.1) is 0 Å². The van der Waals surface area contributed by atoms with Gasteiger partial charge in [-0.25, -0.2) is 4.98 Å². The average Bonchev–Trinajstić information content (AvgIpc) is 2.35. The Balaban J connectivity index is 2.65. The van der Waals surface area contributed by atoms with Crippen molar-refractivity contribution in [2.24, 2.45) is 5.73 Å². The molecule has 19 heavy (non-hydrogen) atoms. The molecule has 0 radical (unpaired) electrons. The Hall–Kier alpha value is -2.39. The van der Waals surface area contributed by atoms with E-state index in [2.05, 4.69) is 22.1 Å². The first-order valence-corrected chi connectivity index (χ1v) is 5.68. The highest BCUT2D eigenvalue weighted by molar-refractivity contribution is 5.92. The van der Waals surface area contributed by atoms with Crippen molar-refractivity contribution >= 4 is 11.8 Å². The molecule has 1 aromatic heterocycles. The molecule has 0 aliphatic rings. The Morgan fingerprint density at radius 3 is 2.79 bits per heavy atom. The van der Waals surface area contributed by atoms with Gasteiger partial charge in [0.25, 0.3) is 5.91 Å². The van der Waals surface area contributed by atoms with Crippen LogP contribution in [0.1, 0.15) is 29.4 Å². The van der Waals surface area contributed by atoms with Gasteiger partial charge in [-0.1, -0.05) is 11.8 Å². The molecule has 0 saturated carbocycles. The maximum absolute atomic E-state index is 11.8. The van der Waals surface area contributed by atoms with Gasteiger partial charge in [-0.05, 0) is 19.1 Å². The van der Waals surface area contributed by atoms with Crippen molar-refractivity contribution in [1.82, 2.24) is 10.3 Å². The number of amides is 2. The highest BCUT2D eigenvalue weighted by Gasteiger charge is 2.12. The summed E-state index contributed by atoms with van der Waals surface area (Å²) in [5, 5.41) is 11.2. The van der Waals surface area contributed by atoms with Crippen molar-refractivity contribution in [3.05, 3.63) is 29.6 Å². The van der Waals surface area contributed by atoms with Crippen molar-refractivity contribution in [1.29, 1.82) is 0 Å². The van der Waals surface area contributed by atoms with Crippen molar-refractivity contribution < 1.29 is 14.7 Å². The lowest BCUT2D eigenvalue weighted by Crippen LogP contribution is -2.36. The van der Waals surface area contributed by atoms with Gasteiger partial charge in [0.15, 0.2) is 0 Å². The Labute approximate surface area is 111 Å². The third-order valence-electron chi connectivity index (χ3n) is 2.19. The van der Waals surface area contributed by atoms with Gasteiger partial charge in [0.1, 0.15) is 12.3 Å². The summed E-state index contributed by atoms with van der Waals surface area (Å²) < 4.78 is 0. The number of nitrogens with zero attached hydrogens (tertiary/aromatic N) is 1. The smallest absolute Gasteiger partial charge is 0.270 e. The van der Waals surface area contributed by atoms with Gasteiger partial charge in [0.2, 0.25) is 5.91 Å². The Kier molecular flexibility index (Phi) is 5.51. The standard InChI is InChI=1S/C13H15N3O3/c1-9(7-12(14)18)16-13(19)11-5-4-10(8-15-11)3-2-6-17/h4-5,8-9,17H,6-7H2,1H3,(H2,14,18)(H,16,19). The van der Waals surface area contributed by atoms with Crippen LogP contribution in [0.25, 0.3) is 0 Å². The second kappa shape index (κ2) is 7.13. The van der Waals surface area contributed by atoms with E-state index in [9.17, 15) is 9.59 Å². The minimum absolute atomic E-state index is 0.0752. The first-order chi connectivity index (χ1) is 9.02. The maximum Gasteiger partial charge on any atom is 0.270 e. The Morgan fingerprint density at radius 2 is 2.26 bits per heavy atom. The average molecular weight is 261 g/mol. The molecule has 100 valence electrons. The molecule has 1 unspecified atom stereocenters. The monoisotopic (exact) mass is 261 g/mol. The van der Waals surface area contributed by atoms with Gasteiger partial charge in [0, 0.05) is 24.2 Å². The molecule has 0 spiro atoms. The summed E-state index contributed by atoms with van der Waals surface area (Å²) in [6.07, 6.45) is 1.52. The zero-order chi connectivity index (χ0) is 14.3. The number of hydrogen-bond acceptors (Lipinski definition) is 4. The van der Waals surface area contributed by atoms with Gasteiger partial charge in [0.05, 0.1) is 0 Å². The van der Waals surface area contributed by atoms with Crippen molar-refractivity contribution in [3.8, 4) is 11.8 Å². The van der Waals surface area contributed by atoms with Crippen LogP contribution in [0.5, 0.6) is 0 Å². The lowest BCUT2D eigenvalue weighted by atomic mass is 10.2. The zero-order valence-electron chi connectivity index (χ0n) is 10.5. The summed E-state index contributed by atoms with van der Waals surface area (Å²) in [5.74, 6) is 4.30. The molecule has 0 fully saturated rings. The number of carbonyl (C=O) groups is 2.